The number of ketones is 1. The summed E-state index contributed by atoms with van der Waals surface area (Å²) in [5, 5.41) is 11.4. The summed E-state index contributed by atoms with van der Waals surface area (Å²) in [4.78, 5) is 32.4. The number of hydrogen-bond acceptors (Lipinski definition) is 6. The van der Waals surface area contributed by atoms with Gasteiger partial charge in [-0.15, -0.1) is 0 Å². The number of anilines is 1. The average molecular weight is 489 g/mol. The van der Waals surface area contributed by atoms with Crippen LogP contribution in [0.5, 0.6) is 5.75 Å². The first-order chi connectivity index (χ1) is 16.9. The van der Waals surface area contributed by atoms with Crippen molar-refractivity contribution >= 4 is 44.1 Å². The number of hydrogen-bond donors (Lipinski definition) is 1. The highest BCUT2D eigenvalue weighted by molar-refractivity contribution is 7.22. The van der Waals surface area contributed by atoms with Crippen molar-refractivity contribution < 1.29 is 23.8 Å². The summed E-state index contributed by atoms with van der Waals surface area (Å²) in [5.41, 5.74) is 2.50. The van der Waals surface area contributed by atoms with Gasteiger partial charge in [0.05, 0.1) is 28.4 Å². The maximum absolute atomic E-state index is 13.8. The van der Waals surface area contributed by atoms with E-state index in [0.29, 0.717) is 33.7 Å². The second-order valence-corrected chi connectivity index (χ2v) is 9.15. The Kier molecular flexibility index (Phi) is 5.82. The first-order valence-corrected chi connectivity index (χ1v) is 11.9. The van der Waals surface area contributed by atoms with Gasteiger partial charge in [-0.2, -0.15) is 0 Å². The Bertz CT molecular complexity index is 1480. The molecule has 8 heteroatoms. The van der Waals surface area contributed by atoms with Gasteiger partial charge in [-0.25, -0.2) is 9.37 Å². The number of fused-ring (bicyclic) bond motifs is 1. The third-order valence-electron chi connectivity index (χ3n) is 5.82. The third kappa shape index (κ3) is 4.06. The molecular weight excluding hydrogens is 467 g/mol. The molecule has 1 aliphatic heterocycles. The molecule has 1 aliphatic rings. The molecule has 1 atom stereocenters. The topological polar surface area (TPSA) is 79.7 Å². The van der Waals surface area contributed by atoms with E-state index in [0.717, 1.165) is 16.9 Å². The molecule has 1 N–H and O–H groups in total. The summed E-state index contributed by atoms with van der Waals surface area (Å²) in [7, 11) is 0. The molecule has 5 rings (SSSR count). The molecule has 4 aromatic rings. The summed E-state index contributed by atoms with van der Waals surface area (Å²) >= 11 is 1.11. The van der Waals surface area contributed by atoms with Gasteiger partial charge >= 0.3 is 5.91 Å². The zero-order chi connectivity index (χ0) is 24.7. The minimum absolute atomic E-state index is 0.0338. The van der Waals surface area contributed by atoms with Gasteiger partial charge in [0.15, 0.2) is 5.13 Å². The second-order valence-electron chi connectivity index (χ2n) is 8.15. The van der Waals surface area contributed by atoms with Gasteiger partial charge in [0.1, 0.15) is 17.3 Å². The largest absolute Gasteiger partial charge is 0.507 e. The SMILES string of the molecule is CCOc1ccc([C@H]2/C(=C(\O)c3ccc(C)cc3)C(=O)C(=O)N2c2nc3ccc(F)cc3s2)cc1. The van der Waals surface area contributed by atoms with Gasteiger partial charge in [0.25, 0.3) is 5.78 Å². The Morgan fingerprint density at radius 3 is 2.49 bits per heavy atom. The molecule has 1 fully saturated rings. The lowest BCUT2D eigenvalue weighted by atomic mass is 9.95. The maximum atomic E-state index is 13.8. The molecule has 6 nitrogen and oxygen atoms in total. The van der Waals surface area contributed by atoms with Gasteiger partial charge in [0, 0.05) is 5.56 Å². The number of benzene rings is 3. The molecule has 0 aliphatic carbocycles. The van der Waals surface area contributed by atoms with Crippen LogP contribution in [-0.4, -0.2) is 28.4 Å². The molecule has 1 aromatic heterocycles. The quantitative estimate of drug-likeness (QED) is 0.219. The molecule has 35 heavy (non-hydrogen) atoms. The van der Waals surface area contributed by atoms with Crippen molar-refractivity contribution in [3.63, 3.8) is 0 Å². The number of carbonyl (C=O) groups excluding carboxylic acids is 2. The number of ether oxygens (including phenoxy) is 1. The molecule has 1 saturated heterocycles. The summed E-state index contributed by atoms with van der Waals surface area (Å²) in [6, 6.07) is 17.3. The van der Waals surface area contributed by atoms with E-state index in [4.69, 9.17) is 4.74 Å². The summed E-state index contributed by atoms with van der Waals surface area (Å²) < 4.78 is 19.9. The van der Waals surface area contributed by atoms with Crippen LogP contribution in [0.4, 0.5) is 9.52 Å². The van der Waals surface area contributed by atoms with Crippen molar-refractivity contribution in [3.8, 4) is 5.75 Å². The predicted molar refractivity (Wildman–Crippen MR) is 133 cm³/mol. The second kappa shape index (κ2) is 8.96. The number of halogens is 1. The molecule has 1 amide bonds. The smallest absolute Gasteiger partial charge is 0.301 e. The van der Waals surface area contributed by atoms with Crippen LogP contribution in [0, 0.1) is 12.7 Å². The first kappa shape index (κ1) is 22.7. The lowest BCUT2D eigenvalue weighted by Gasteiger charge is -2.23. The Morgan fingerprint density at radius 1 is 1.09 bits per heavy atom. The van der Waals surface area contributed by atoms with Crippen molar-refractivity contribution in [3.05, 3.63) is 94.8 Å². The number of thiazole rings is 1. The average Bonchev–Trinajstić information content (AvgIpc) is 3.37. The van der Waals surface area contributed by atoms with E-state index in [-0.39, 0.29) is 16.5 Å². The lowest BCUT2D eigenvalue weighted by Crippen LogP contribution is -2.29. The standard InChI is InChI=1S/C27H21FN2O4S/c1-3-34-19-11-8-16(9-12-19)23-22(24(31)17-6-4-15(2)5-7-17)25(32)26(33)30(23)27-29-20-13-10-18(28)14-21(20)35-27/h4-14,23,31H,3H2,1-2H3/b24-22+/t23-/m0/s1. The number of aromatic nitrogens is 1. The fourth-order valence-electron chi connectivity index (χ4n) is 4.11. The van der Waals surface area contributed by atoms with Crippen molar-refractivity contribution in [2.75, 3.05) is 11.5 Å². The fourth-order valence-corrected chi connectivity index (χ4v) is 5.13. The van der Waals surface area contributed by atoms with E-state index in [1.807, 2.05) is 26.0 Å². The normalized spacial score (nSPS) is 17.3. The van der Waals surface area contributed by atoms with Crippen LogP contribution in [0.1, 0.15) is 29.7 Å². The lowest BCUT2D eigenvalue weighted by molar-refractivity contribution is -0.132. The number of carbonyl (C=O) groups is 2. The minimum Gasteiger partial charge on any atom is -0.507 e. The van der Waals surface area contributed by atoms with Crippen molar-refractivity contribution in [2.45, 2.75) is 19.9 Å². The number of amides is 1. The molecule has 3 aromatic carbocycles. The molecule has 0 radical (unpaired) electrons. The van der Waals surface area contributed by atoms with Crippen molar-refractivity contribution in [1.29, 1.82) is 0 Å². The van der Waals surface area contributed by atoms with Crippen LogP contribution < -0.4 is 9.64 Å². The highest BCUT2D eigenvalue weighted by atomic mass is 32.1. The zero-order valence-corrected chi connectivity index (χ0v) is 19.8. The highest BCUT2D eigenvalue weighted by Crippen LogP contribution is 2.44. The molecular formula is C27H21FN2O4S. The molecule has 2 heterocycles. The molecule has 0 saturated carbocycles. The van der Waals surface area contributed by atoms with E-state index in [1.54, 1.807) is 36.4 Å². The monoisotopic (exact) mass is 488 g/mol. The molecule has 0 unspecified atom stereocenters. The summed E-state index contributed by atoms with van der Waals surface area (Å²) in [5.74, 6) is -1.67. The Hall–Kier alpha value is -4.04. The van der Waals surface area contributed by atoms with Crippen LogP contribution in [0.25, 0.3) is 16.0 Å². The maximum Gasteiger partial charge on any atom is 0.301 e. The van der Waals surface area contributed by atoms with E-state index in [9.17, 15) is 19.1 Å². The van der Waals surface area contributed by atoms with Gasteiger partial charge in [-0.1, -0.05) is 53.3 Å². The van der Waals surface area contributed by atoms with Crippen LogP contribution in [0.15, 0.2) is 72.3 Å². The number of aryl methyl sites for hydroxylation is 1. The van der Waals surface area contributed by atoms with Crippen LogP contribution in [0.2, 0.25) is 0 Å². The van der Waals surface area contributed by atoms with Crippen LogP contribution >= 0.6 is 11.3 Å². The number of rotatable bonds is 5. The van der Waals surface area contributed by atoms with E-state index in [2.05, 4.69) is 4.98 Å². The minimum atomic E-state index is -0.919. The Labute approximate surface area is 204 Å². The van der Waals surface area contributed by atoms with Crippen LogP contribution in [0.3, 0.4) is 0 Å². The number of nitrogens with zero attached hydrogens (tertiary/aromatic N) is 2. The van der Waals surface area contributed by atoms with Gasteiger partial charge in [0.2, 0.25) is 0 Å². The van der Waals surface area contributed by atoms with Gasteiger partial charge < -0.3 is 9.84 Å². The fraction of sp³-hybridized carbons (Fsp3) is 0.148. The molecule has 176 valence electrons. The highest BCUT2D eigenvalue weighted by Gasteiger charge is 2.48. The van der Waals surface area contributed by atoms with E-state index >= 15 is 0 Å². The zero-order valence-electron chi connectivity index (χ0n) is 19.0. The van der Waals surface area contributed by atoms with Crippen LogP contribution in [-0.2, 0) is 9.59 Å². The third-order valence-corrected chi connectivity index (χ3v) is 6.84. The predicted octanol–water partition coefficient (Wildman–Crippen LogP) is 5.77. The van der Waals surface area contributed by atoms with Crippen molar-refractivity contribution in [1.82, 2.24) is 4.98 Å². The van der Waals surface area contributed by atoms with E-state index < -0.39 is 23.5 Å². The summed E-state index contributed by atoms with van der Waals surface area (Å²) in [6.07, 6.45) is 0. The van der Waals surface area contributed by atoms with Gasteiger partial charge in [-0.3, -0.25) is 14.5 Å². The number of Topliss-reactive ketones (excluding diaryl/α,β-unsaturated/α-hetero) is 1. The Balaban J connectivity index is 1.70. The first-order valence-electron chi connectivity index (χ1n) is 11.0. The van der Waals surface area contributed by atoms with Gasteiger partial charge in [-0.05, 0) is 49.7 Å². The molecule has 0 bridgehead atoms. The summed E-state index contributed by atoms with van der Waals surface area (Å²) in [6.45, 7) is 4.28. The molecule has 0 spiro atoms. The number of aliphatic hydroxyl groups is 1. The van der Waals surface area contributed by atoms with Crippen molar-refractivity contribution in [2.24, 2.45) is 0 Å². The number of aliphatic hydroxyl groups excluding tert-OH is 1. The van der Waals surface area contributed by atoms with E-state index in [1.165, 1.54) is 23.1 Å². The Morgan fingerprint density at radius 2 is 1.80 bits per heavy atom.